The van der Waals surface area contributed by atoms with E-state index in [1.807, 2.05) is 6.08 Å². The van der Waals surface area contributed by atoms with Gasteiger partial charge in [0, 0.05) is 12.6 Å². The minimum atomic E-state index is 0.556. The molecule has 14 heavy (non-hydrogen) atoms. The molecule has 1 aromatic heterocycles. The molecule has 3 N–H and O–H groups in total. The molecule has 76 valence electrons. The van der Waals surface area contributed by atoms with Gasteiger partial charge in [0.1, 0.15) is 0 Å². The normalized spacial score (nSPS) is 9.50. The van der Waals surface area contributed by atoms with Crippen molar-refractivity contribution in [3.63, 3.8) is 0 Å². The van der Waals surface area contributed by atoms with Crippen LogP contribution in [0.1, 0.15) is 6.42 Å². The zero-order chi connectivity index (χ0) is 10.4. The molecular formula is C10H15N3O. The second-order valence-electron chi connectivity index (χ2n) is 2.80. The summed E-state index contributed by atoms with van der Waals surface area (Å²) in [6.45, 7) is 4.40. The highest BCUT2D eigenvalue weighted by atomic mass is 16.5. The lowest BCUT2D eigenvalue weighted by molar-refractivity contribution is 0.398. The molecule has 0 bridgehead atoms. The van der Waals surface area contributed by atoms with E-state index in [2.05, 4.69) is 16.9 Å². The third kappa shape index (κ3) is 2.65. The predicted molar refractivity (Wildman–Crippen MR) is 58.5 cm³/mol. The summed E-state index contributed by atoms with van der Waals surface area (Å²) in [6, 6.07) is 3.50. The number of pyridine rings is 1. The maximum absolute atomic E-state index is 5.72. The summed E-state index contributed by atoms with van der Waals surface area (Å²) in [4.78, 5) is 4.17. The molecule has 0 unspecified atom stereocenters. The molecule has 4 heteroatoms. The summed E-state index contributed by atoms with van der Waals surface area (Å²) in [6.07, 6.45) is 2.71. The molecule has 0 saturated carbocycles. The van der Waals surface area contributed by atoms with Gasteiger partial charge in [-0.05, 0) is 12.5 Å². The second-order valence-corrected chi connectivity index (χ2v) is 2.80. The maximum atomic E-state index is 5.72. The van der Waals surface area contributed by atoms with E-state index in [4.69, 9.17) is 10.5 Å². The second kappa shape index (κ2) is 5.11. The van der Waals surface area contributed by atoms with Crippen LogP contribution in [-0.2, 0) is 0 Å². The Bertz CT molecular complexity index is 312. The van der Waals surface area contributed by atoms with Crippen LogP contribution in [0.3, 0.4) is 0 Å². The van der Waals surface area contributed by atoms with Crippen molar-refractivity contribution in [2.75, 3.05) is 24.7 Å². The molecule has 0 spiro atoms. The van der Waals surface area contributed by atoms with Crippen LogP contribution in [-0.4, -0.2) is 18.6 Å². The minimum absolute atomic E-state index is 0.556. The van der Waals surface area contributed by atoms with Crippen LogP contribution >= 0.6 is 0 Å². The van der Waals surface area contributed by atoms with Gasteiger partial charge in [0.25, 0.3) is 0 Å². The van der Waals surface area contributed by atoms with Crippen molar-refractivity contribution in [1.29, 1.82) is 0 Å². The number of anilines is 2. The van der Waals surface area contributed by atoms with E-state index in [0.717, 1.165) is 13.0 Å². The maximum Gasteiger partial charge on any atom is 0.215 e. The Morgan fingerprint density at radius 3 is 3.07 bits per heavy atom. The molecule has 0 aliphatic rings. The molecule has 0 fully saturated rings. The van der Waals surface area contributed by atoms with Crippen LogP contribution in [0.25, 0.3) is 0 Å². The predicted octanol–water partition coefficient (Wildman–Crippen LogP) is 1.66. The van der Waals surface area contributed by atoms with Gasteiger partial charge >= 0.3 is 0 Å². The van der Waals surface area contributed by atoms with Crippen molar-refractivity contribution in [2.45, 2.75) is 6.42 Å². The standard InChI is InChI=1S/C10H15N3O/c1-3-4-7-12-10-8(11)5-6-9(13-10)14-2/h3,5-6H,1,4,7,11H2,2H3,(H,12,13). The van der Waals surface area contributed by atoms with Gasteiger partial charge in [0.15, 0.2) is 5.82 Å². The van der Waals surface area contributed by atoms with Crippen molar-refractivity contribution < 1.29 is 4.74 Å². The fraction of sp³-hybridized carbons (Fsp3) is 0.300. The fourth-order valence-electron chi connectivity index (χ4n) is 1.000. The average molecular weight is 193 g/mol. The molecule has 1 aromatic rings. The first kappa shape index (κ1) is 10.4. The Labute approximate surface area is 83.8 Å². The number of ether oxygens (including phenoxy) is 1. The number of rotatable bonds is 5. The van der Waals surface area contributed by atoms with E-state index >= 15 is 0 Å². The Kier molecular flexibility index (Phi) is 3.79. The molecule has 1 rings (SSSR count). The van der Waals surface area contributed by atoms with Crippen molar-refractivity contribution in [2.24, 2.45) is 0 Å². The molecule has 0 radical (unpaired) electrons. The Hall–Kier alpha value is -1.71. The highest BCUT2D eigenvalue weighted by molar-refractivity contribution is 5.61. The highest BCUT2D eigenvalue weighted by Gasteiger charge is 2.01. The SMILES string of the molecule is C=CCCNc1nc(OC)ccc1N. The molecule has 0 aliphatic heterocycles. The van der Waals surface area contributed by atoms with Crippen LogP contribution in [0.5, 0.6) is 5.88 Å². The first-order valence-electron chi connectivity index (χ1n) is 4.43. The van der Waals surface area contributed by atoms with Gasteiger partial charge in [0.05, 0.1) is 12.8 Å². The number of nitrogens with zero attached hydrogens (tertiary/aromatic N) is 1. The number of aromatic nitrogens is 1. The average Bonchev–Trinajstić information content (AvgIpc) is 2.21. The van der Waals surface area contributed by atoms with Crippen molar-refractivity contribution in [3.8, 4) is 5.88 Å². The molecule has 4 nitrogen and oxygen atoms in total. The summed E-state index contributed by atoms with van der Waals surface area (Å²) < 4.78 is 4.99. The lowest BCUT2D eigenvalue weighted by atomic mass is 10.3. The largest absolute Gasteiger partial charge is 0.481 e. The van der Waals surface area contributed by atoms with Crippen LogP contribution in [0.2, 0.25) is 0 Å². The Morgan fingerprint density at radius 2 is 2.43 bits per heavy atom. The molecule has 0 saturated heterocycles. The van der Waals surface area contributed by atoms with Crippen molar-refractivity contribution in [1.82, 2.24) is 4.98 Å². The summed E-state index contributed by atoms with van der Waals surface area (Å²) in [7, 11) is 1.58. The van der Waals surface area contributed by atoms with Gasteiger partial charge in [-0.1, -0.05) is 6.08 Å². The first-order chi connectivity index (χ1) is 6.77. The lowest BCUT2D eigenvalue weighted by Gasteiger charge is -2.08. The molecule has 1 heterocycles. The van der Waals surface area contributed by atoms with Gasteiger partial charge < -0.3 is 15.8 Å². The highest BCUT2D eigenvalue weighted by Crippen LogP contribution is 2.19. The summed E-state index contributed by atoms with van der Waals surface area (Å²) >= 11 is 0. The summed E-state index contributed by atoms with van der Waals surface area (Å²) in [5, 5.41) is 3.10. The van der Waals surface area contributed by atoms with Gasteiger partial charge in [0.2, 0.25) is 5.88 Å². The Morgan fingerprint density at radius 1 is 1.64 bits per heavy atom. The van der Waals surface area contributed by atoms with E-state index in [9.17, 15) is 0 Å². The van der Waals surface area contributed by atoms with Crippen LogP contribution in [0.15, 0.2) is 24.8 Å². The Balaban J connectivity index is 2.68. The zero-order valence-electron chi connectivity index (χ0n) is 8.29. The number of nitrogen functional groups attached to an aromatic ring is 1. The van der Waals surface area contributed by atoms with Gasteiger partial charge in [-0.3, -0.25) is 0 Å². The minimum Gasteiger partial charge on any atom is -0.481 e. The quantitative estimate of drug-likeness (QED) is 0.551. The fourth-order valence-corrected chi connectivity index (χ4v) is 1.000. The number of nitrogens with two attached hydrogens (primary N) is 1. The number of hydrogen-bond acceptors (Lipinski definition) is 4. The topological polar surface area (TPSA) is 60.2 Å². The van der Waals surface area contributed by atoms with Crippen molar-refractivity contribution in [3.05, 3.63) is 24.8 Å². The van der Waals surface area contributed by atoms with Gasteiger partial charge in [-0.2, -0.15) is 4.98 Å². The first-order valence-corrected chi connectivity index (χ1v) is 4.43. The number of methoxy groups -OCH3 is 1. The third-order valence-corrected chi connectivity index (χ3v) is 1.75. The third-order valence-electron chi connectivity index (χ3n) is 1.75. The molecule has 0 aliphatic carbocycles. The summed E-state index contributed by atoms with van der Waals surface area (Å²) in [5.74, 6) is 1.21. The van der Waals surface area contributed by atoms with E-state index in [0.29, 0.717) is 17.4 Å². The molecule has 0 amide bonds. The van der Waals surface area contributed by atoms with Crippen LogP contribution in [0.4, 0.5) is 11.5 Å². The molecule has 0 aromatic carbocycles. The number of hydrogen-bond donors (Lipinski definition) is 2. The van der Waals surface area contributed by atoms with E-state index in [1.54, 1.807) is 19.2 Å². The van der Waals surface area contributed by atoms with Crippen molar-refractivity contribution >= 4 is 11.5 Å². The molecule has 0 atom stereocenters. The zero-order valence-corrected chi connectivity index (χ0v) is 8.29. The monoisotopic (exact) mass is 193 g/mol. The smallest absolute Gasteiger partial charge is 0.215 e. The van der Waals surface area contributed by atoms with E-state index < -0.39 is 0 Å². The van der Waals surface area contributed by atoms with E-state index in [-0.39, 0.29) is 0 Å². The van der Waals surface area contributed by atoms with Crippen LogP contribution < -0.4 is 15.8 Å². The van der Waals surface area contributed by atoms with Gasteiger partial charge in [-0.25, -0.2) is 0 Å². The molecular weight excluding hydrogens is 178 g/mol. The summed E-state index contributed by atoms with van der Waals surface area (Å²) in [5.41, 5.74) is 6.34. The number of nitrogens with one attached hydrogen (secondary N) is 1. The van der Waals surface area contributed by atoms with Gasteiger partial charge in [-0.15, -0.1) is 6.58 Å². The van der Waals surface area contributed by atoms with E-state index in [1.165, 1.54) is 0 Å². The lowest BCUT2D eigenvalue weighted by Crippen LogP contribution is -2.06. The van der Waals surface area contributed by atoms with Crippen LogP contribution in [0, 0.1) is 0 Å².